The van der Waals surface area contributed by atoms with Crippen LogP contribution >= 0.6 is 0 Å². The van der Waals surface area contributed by atoms with Crippen LogP contribution in [0, 0.1) is 12.3 Å². The van der Waals surface area contributed by atoms with Crippen molar-refractivity contribution in [1.82, 2.24) is 5.32 Å². The number of methoxy groups -OCH3 is 1. The van der Waals surface area contributed by atoms with E-state index in [9.17, 15) is 5.11 Å². The number of rotatable bonds is 8. The molecule has 0 amide bonds. The summed E-state index contributed by atoms with van der Waals surface area (Å²) in [5.41, 5.74) is 0. The second-order valence-electron chi connectivity index (χ2n) is 4.36. The molecule has 4 nitrogen and oxygen atoms in total. The molecule has 0 aliphatic carbocycles. The van der Waals surface area contributed by atoms with Gasteiger partial charge in [0.2, 0.25) is 0 Å². The summed E-state index contributed by atoms with van der Waals surface area (Å²) in [7, 11) is 1.61. The first-order chi connectivity index (χ1) is 9.15. The van der Waals surface area contributed by atoms with E-state index in [1.807, 2.05) is 19.1 Å². The number of nitrogens with one attached hydrogen (secondary N) is 1. The maximum absolute atomic E-state index is 9.76. The van der Waals surface area contributed by atoms with E-state index < -0.39 is 6.10 Å². The van der Waals surface area contributed by atoms with Gasteiger partial charge in [0.15, 0.2) is 0 Å². The molecule has 0 saturated carbocycles. The van der Waals surface area contributed by atoms with Gasteiger partial charge in [-0.1, -0.05) is 0 Å². The lowest BCUT2D eigenvalue weighted by Gasteiger charge is -2.16. The Hall–Kier alpha value is -1.70. The summed E-state index contributed by atoms with van der Waals surface area (Å²) in [5, 5.41) is 12.9. The first kappa shape index (κ1) is 15.4. The van der Waals surface area contributed by atoms with Crippen LogP contribution in [0.4, 0.5) is 0 Å². The average Bonchev–Trinajstić information content (AvgIpc) is 2.44. The molecule has 1 aromatic carbocycles. The normalized spacial score (nSPS) is 13.4. The molecular formula is C15H21NO3. The van der Waals surface area contributed by atoms with Crippen molar-refractivity contribution in [2.75, 3.05) is 20.3 Å². The fourth-order valence-corrected chi connectivity index (χ4v) is 1.51. The monoisotopic (exact) mass is 263 g/mol. The average molecular weight is 263 g/mol. The second kappa shape index (κ2) is 8.41. The van der Waals surface area contributed by atoms with Crippen molar-refractivity contribution in [3.05, 3.63) is 24.3 Å². The predicted molar refractivity (Wildman–Crippen MR) is 75.4 cm³/mol. The standard InChI is InChI=1S/C15H21NO3/c1-4-5-12(2)16-10-13(17)11-19-15-8-6-14(18-3)7-9-15/h1,6-9,12-13,16-17H,5,10-11H2,2-3H3. The van der Waals surface area contributed by atoms with Crippen LogP contribution in [0.2, 0.25) is 0 Å². The number of benzene rings is 1. The van der Waals surface area contributed by atoms with Gasteiger partial charge >= 0.3 is 0 Å². The Balaban J connectivity index is 2.25. The van der Waals surface area contributed by atoms with Crippen molar-refractivity contribution in [2.24, 2.45) is 0 Å². The van der Waals surface area contributed by atoms with Crippen molar-refractivity contribution in [3.63, 3.8) is 0 Å². The number of ether oxygens (including phenoxy) is 2. The lowest BCUT2D eigenvalue weighted by atomic mass is 10.2. The number of hydrogen-bond donors (Lipinski definition) is 2. The molecule has 0 bridgehead atoms. The topological polar surface area (TPSA) is 50.7 Å². The molecule has 2 atom stereocenters. The SMILES string of the molecule is C#CCC(C)NCC(O)COc1ccc(OC)cc1. The van der Waals surface area contributed by atoms with E-state index in [2.05, 4.69) is 11.2 Å². The van der Waals surface area contributed by atoms with E-state index in [0.717, 1.165) is 5.75 Å². The summed E-state index contributed by atoms with van der Waals surface area (Å²) >= 11 is 0. The number of terminal acetylenes is 1. The molecule has 0 heterocycles. The Morgan fingerprint density at radius 2 is 1.95 bits per heavy atom. The van der Waals surface area contributed by atoms with Crippen LogP contribution in [-0.4, -0.2) is 37.5 Å². The Bertz CT molecular complexity index is 397. The van der Waals surface area contributed by atoms with Gasteiger partial charge in [0.25, 0.3) is 0 Å². The van der Waals surface area contributed by atoms with Crippen molar-refractivity contribution in [1.29, 1.82) is 0 Å². The molecule has 0 radical (unpaired) electrons. The molecular weight excluding hydrogens is 242 g/mol. The zero-order valence-electron chi connectivity index (χ0n) is 11.4. The minimum Gasteiger partial charge on any atom is -0.497 e. The molecule has 2 N–H and O–H groups in total. The molecule has 0 aliphatic rings. The predicted octanol–water partition coefficient (Wildman–Crippen LogP) is 1.44. The molecule has 0 aliphatic heterocycles. The summed E-state index contributed by atoms with van der Waals surface area (Å²) in [6, 6.07) is 7.43. The van der Waals surface area contributed by atoms with Crippen LogP contribution in [0.1, 0.15) is 13.3 Å². The van der Waals surface area contributed by atoms with E-state index in [-0.39, 0.29) is 12.6 Å². The van der Waals surface area contributed by atoms with E-state index in [0.29, 0.717) is 18.7 Å². The van der Waals surface area contributed by atoms with E-state index >= 15 is 0 Å². The fourth-order valence-electron chi connectivity index (χ4n) is 1.51. The second-order valence-corrected chi connectivity index (χ2v) is 4.36. The van der Waals surface area contributed by atoms with Crippen molar-refractivity contribution in [2.45, 2.75) is 25.5 Å². The minimum atomic E-state index is -0.567. The van der Waals surface area contributed by atoms with Gasteiger partial charge in [0, 0.05) is 19.0 Å². The van der Waals surface area contributed by atoms with Gasteiger partial charge in [0.05, 0.1) is 7.11 Å². The van der Waals surface area contributed by atoms with Crippen molar-refractivity contribution < 1.29 is 14.6 Å². The maximum atomic E-state index is 9.76. The minimum absolute atomic E-state index is 0.195. The molecule has 0 aromatic heterocycles. The highest BCUT2D eigenvalue weighted by molar-refractivity contribution is 5.31. The third kappa shape index (κ3) is 6.14. The lowest BCUT2D eigenvalue weighted by Crippen LogP contribution is -2.36. The Labute approximate surface area is 114 Å². The highest BCUT2D eigenvalue weighted by atomic mass is 16.5. The summed E-state index contributed by atoms with van der Waals surface area (Å²) in [6.07, 6.45) is 5.28. The third-order valence-corrected chi connectivity index (χ3v) is 2.63. The number of aliphatic hydroxyl groups is 1. The molecule has 1 rings (SSSR count). The molecule has 19 heavy (non-hydrogen) atoms. The summed E-state index contributed by atoms with van der Waals surface area (Å²) in [6.45, 7) is 2.68. The lowest BCUT2D eigenvalue weighted by molar-refractivity contribution is 0.104. The quantitative estimate of drug-likeness (QED) is 0.697. The van der Waals surface area contributed by atoms with Gasteiger partial charge < -0.3 is 19.9 Å². The Morgan fingerprint density at radius 3 is 2.53 bits per heavy atom. The van der Waals surface area contributed by atoms with Crippen LogP contribution in [-0.2, 0) is 0 Å². The molecule has 104 valence electrons. The first-order valence-corrected chi connectivity index (χ1v) is 6.27. The van der Waals surface area contributed by atoms with Gasteiger partial charge in [-0.15, -0.1) is 12.3 Å². The summed E-state index contributed by atoms with van der Waals surface area (Å²) < 4.78 is 10.5. The van der Waals surface area contributed by atoms with Gasteiger partial charge in [-0.25, -0.2) is 0 Å². The molecule has 0 saturated heterocycles. The Morgan fingerprint density at radius 1 is 1.32 bits per heavy atom. The van der Waals surface area contributed by atoms with Crippen molar-refractivity contribution in [3.8, 4) is 23.8 Å². The maximum Gasteiger partial charge on any atom is 0.119 e. The van der Waals surface area contributed by atoms with Gasteiger partial charge in [-0.3, -0.25) is 0 Å². The first-order valence-electron chi connectivity index (χ1n) is 6.27. The summed E-state index contributed by atoms with van der Waals surface area (Å²) in [4.78, 5) is 0. The van der Waals surface area contributed by atoms with E-state index in [1.165, 1.54) is 0 Å². The molecule has 0 fully saturated rings. The van der Waals surface area contributed by atoms with Crippen LogP contribution < -0.4 is 14.8 Å². The fraction of sp³-hybridized carbons (Fsp3) is 0.467. The van der Waals surface area contributed by atoms with Gasteiger partial charge in [-0.05, 0) is 31.2 Å². The highest BCUT2D eigenvalue weighted by Gasteiger charge is 2.07. The zero-order chi connectivity index (χ0) is 14.1. The number of hydrogen-bond acceptors (Lipinski definition) is 4. The zero-order valence-corrected chi connectivity index (χ0v) is 11.4. The Kier molecular flexibility index (Phi) is 6.80. The molecule has 4 heteroatoms. The van der Waals surface area contributed by atoms with Crippen LogP contribution in [0.5, 0.6) is 11.5 Å². The largest absolute Gasteiger partial charge is 0.497 e. The summed E-state index contributed by atoms with van der Waals surface area (Å²) in [5.74, 6) is 4.05. The van der Waals surface area contributed by atoms with Gasteiger partial charge in [-0.2, -0.15) is 0 Å². The third-order valence-electron chi connectivity index (χ3n) is 2.63. The van der Waals surface area contributed by atoms with Crippen LogP contribution in [0.25, 0.3) is 0 Å². The van der Waals surface area contributed by atoms with Crippen LogP contribution in [0.3, 0.4) is 0 Å². The number of aliphatic hydroxyl groups excluding tert-OH is 1. The van der Waals surface area contributed by atoms with E-state index in [1.54, 1.807) is 19.2 Å². The van der Waals surface area contributed by atoms with Gasteiger partial charge in [0.1, 0.15) is 24.2 Å². The molecule has 1 aromatic rings. The smallest absolute Gasteiger partial charge is 0.119 e. The van der Waals surface area contributed by atoms with Crippen molar-refractivity contribution >= 4 is 0 Å². The molecule has 0 spiro atoms. The van der Waals surface area contributed by atoms with E-state index in [4.69, 9.17) is 15.9 Å². The molecule has 2 unspecified atom stereocenters. The van der Waals surface area contributed by atoms with Crippen LogP contribution in [0.15, 0.2) is 24.3 Å². The highest BCUT2D eigenvalue weighted by Crippen LogP contribution is 2.16.